The van der Waals surface area contributed by atoms with Gasteiger partial charge in [0.2, 0.25) is 0 Å². The van der Waals surface area contributed by atoms with Crippen molar-refractivity contribution in [2.24, 2.45) is 0 Å². The third kappa shape index (κ3) is 4.84. The third-order valence-corrected chi connectivity index (χ3v) is 11.4. The Hall–Kier alpha value is -6.17. The smallest absolute Gasteiger partial charge is 0.164 e. The molecule has 2 aromatic heterocycles. The molecule has 51 heavy (non-hydrogen) atoms. The van der Waals surface area contributed by atoms with Crippen molar-refractivity contribution >= 4 is 59.3 Å². The monoisotopic (exact) mass is 672 g/mol. The zero-order valence-corrected chi connectivity index (χ0v) is 29.0. The first kappa shape index (κ1) is 29.7. The Bertz CT molecular complexity index is 2800. The number of fused-ring (bicyclic) bond motifs is 6. The van der Waals surface area contributed by atoms with Crippen molar-refractivity contribution in [1.82, 2.24) is 15.0 Å². The fourth-order valence-electron chi connectivity index (χ4n) is 7.66. The Morgan fingerprint density at radius 3 is 1.90 bits per heavy atom. The van der Waals surface area contributed by atoms with Gasteiger partial charge in [0.15, 0.2) is 17.5 Å². The van der Waals surface area contributed by atoms with Gasteiger partial charge in [0.05, 0.1) is 11.4 Å². The second-order valence-corrected chi connectivity index (χ2v) is 14.8. The Kier molecular flexibility index (Phi) is 6.67. The molecule has 0 amide bonds. The maximum absolute atomic E-state index is 5.17. The first-order chi connectivity index (χ1) is 25.0. The van der Waals surface area contributed by atoms with Gasteiger partial charge in [-0.3, -0.25) is 0 Å². The summed E-state index contributed by atoms with van der Waals surface area (Å²) in [6.07, 6.45) is 0. The fraction of sp³-hybridized carbons (Fsp3) is 0.0652. The summed E-state index contributed by atoms with van der Waals surface area (Å²) in [6.45, 7) is 4.67. The van der Waals surface area contributed by atoms with Crippen molar-refractivity contribution in [2.45, 2.75) is 19.3 Å². The lowest BCUT2D eigenvalue weighted by molar-refractivity contribution is 0.633. The summed E-state index contributed by atoms with van der Waals surface area (Å²) >= 11 is 1.81. The average Bonchev–Trinajstić information content (AvgIpc) is 3.56. The van der Waals surface area contributed by atoms with Gasteiger partial charge in [-0.25, -0.2) is 15.0 Å². The molecule has 0 aliphatic carbocycles. The summed E-state index contributed by atoms with van der Waals surface area (Å²) in [5.74, 6) is 1.95. The molecule has 9 aromatic rings. The van der Waals surface area contributed by atoms with Crippen LogP contribution in [0.5, 0.6) is 0 Å². The minimum Gasteiger partial charge on any atom is -0.310 e. The summed E-state index contributed by atoms with van der Waals surface area (Å²) in [4.78, 5) is 17.7. The van der Waals surface area contributed by atoms with E-state index in [9.17, 15) is 0 Å². The zero-order valence-electron chi connectivity index (χ0n) is 28.2. The van der Waals surface area contributed by atoms with Crippen LogP contribution >= 0.6 is 11.3 Å². The lowest BCUT2D eigenvalue weighted by Gasteiger charge is -2.42. The summed E-state index contributed by atoms with van der Waals surface area (Å²) in [5.41, 5.74) is 8.70. The van der Waals surface area contributed by atoms with Crippen LogP contribution in [-0.2, 0) is 5.41 Å². The Morgan fingerprint density at radius 1 is 0.451 bits per heavy atom. The van der Waals surface area contributed by atoms with Crippen molar-refractivity contribution < 1.29 is 0 Å². The first-order valence-corrected chi connectivity index (χ1v) is 18.1. The number of benzene rings is 7. The number of rotatable bonds is 4. The van der Waals surface area contributed by atoms with Crippen LogP contribution in [0, 0.1) is 0 Å². The molecule has 242 valence electrons. The molecule has 0 saturated carbocycles. The minimum atomic E-state index is -0.174. The summed E-state index contributed by atoms with van der Waals surface area (Å²) in [6, 6.07) is 56.1. The highest BCUT2D eigenvalue weighted by molar-refractivity contribution is 7.25. The van der Waals surface area contributed by atoms with Crippen LogP contribution in [-0.4, -0.2) is 15.0 Å². The van der Waals surface area contributed by atoms with Gasteiger partial charge in [-0.05, 0) is 76.5 Å². The Balaban J connectivity index is 1.16. The van der Waals surface area contributed by atoms with Gasteiger partial charge in [0.25, 0.3) is 0 Å². The van der Waals surface area contributed by atoms with E-state index < -0.39 is 0 Å². The summed E-state index contributed by atoms with van der Waals surface area (Å²) in [7, 11) is 0. The van der Waals surface area contributed by atoms with Gasteiger partial charge in [-0.2, -0.15) is 0 Å². The Morgan fingerprint density at radius 2 is 1.08 bits per heavy atom. The van der Waals surface area contributed by atoms with Crippen molar-refractivity contribution in [3.63, 3.8) is 0 Å². The Labute approximate surface area is 300 Å². The van der Waals surface area contributed by atoms with Crippen LogP contribution in [0.1, 0.15) is 25.0 Å². The molecule has 10 rings (SSSR count). The number of nitrogens with zero attached hydrogens (tertiary/aromatic N) is 4. The van der Waals surface area contributed by atoms with Crippen molar-refractivity contribution in [3.8, 4) is 34.2 Å². The molecule has 0 spiro atoms. The van der Waals surface area contributed by atoms with Gasteiger partial charge in [0, 0.05) is 48.0 Å². The van der Waals surface area contributed by atoms with E-state index in [0.717, 1.165) is 22.4 Å². The van der Waals surface area contributed by atoms with Gasteiger partial charge < -0.3 is 4.90 Å². The predicted molar refractivity (Wildman–Crippen MR) is 213 cm³/mol. The minimum absolute atomic E-state index is 0.174. The zero-order chi connectivity index (χ0) is 34.1. The third-order valence-electron chi connectivity index (χ3n) is 10.3. The van der Waals surface area contributed by atoms with Gasteiger partial charge in [0.1, 0.15) is 0 Å². The molecule has 0 bridgehead atoms. The molecule has 0 N–H and O–H groups in total. The van der Waals surface area contributed by atoms with Gasteiger partial charge in [-0.15, -0.1) is 11.3 Å². The van der Waals surface area contributed by atoms with Crippen LogP contribution in [0.4, 0.5) is 17.1 Å². The molecular formula is C46H32N4S. The average molecular weight is 673 g/mol. The molecule has 0 radical (unpaired) electrons. The second-order valence-electron chi connectivity index (χ2n) is 13.7. The van der Waals surface area contributed by atoms with E-state index in [4.69, 9.17) is 15.0 Å². The largest absolute Gasteiger partial charge is 0.310 e. The van der Waals surface area contributed by atoms with E-state index in [-0.39, 0.29) is 5.41 Å². The van der Waals surface area contributed by atoms with Crippen LogP contribution in [0.3, 0.4) is 0 Å². The van der Waals surface area contributed by atoms with Crippen molar-refractivity contribution in [2.75, 3.05) is 4.90 Å². The second kappa shape index (κ2) is 11.4. The van der Waals surface area contributed by atoms with Crippen LogP contribution in [0.25, 0.3) is 65.1 Å². The highest BCUT2D eigenvalue weighted by Gasteiger charge is 2.37. The molecule has 3 heterocycles. The lowest BCUT2D eigenvalue weighted by Crippen LogP contribution is -2.30. The van der Waals surface area contributed by atoms with Crippen LogP contribution in [0.15, 0.2) is 158 Å². The van der Waals surface area contributed by atoms with E-state index in [0.29, 0.717) is 17.5 Å². The van der Waals surface area contributed by atoms with E-state index in [1.54, 1.807) is 0 Å². The number of para-hydroxylation sites is 1. The molecule has 1 aliphatic rings. The van der Waals surface area contributed by atoms with E-state index >= 15 is 0 Å². The van der Waals surface area contributed by atoms with E-state index in [1.165, 1.54) is 53.4 Å². The number of hydrogen-bond acceptors (Lipinski definition) is 5. The van der Waals surface area contributed by atoms with Crippen LogP contribution in [0.2, 0.25) is 0 Å². The number of anilines is 3. The normalized spacial score (nSPS) is 13.4. The van der Waals surface area contributed by atoms with E-state index in [1.807, 2.05) is 29.5 Å². The molecule has 1 aliphatic heterocycles. The summed E-state index contributed by atoms with van der Waals surface area (Å²) < 4.78 is 2.53. The number of hydrogen-bond donors (Lipinski definition) is 0. The lowest BCUT2D eigenvalue weighted by atomic mass is 9.73. The standard InChI is InChI=1S/C46H32N4S/c1-46(2)37-20-9-10-21-39(37)50(40-28-31-16-7-6-15-30(31)27-38(40)46)34-18-12-17-32(25-34)44-47-43(29-13-4-3-5-14-29)48-45(49-44)33-23-24-42-36(26-33)35-19-8-11-22-41(35)51-42/h3-28H,1-2H3. The van der Waals surface area contributed by atoms with Crippen LogP contribution < -0.4 is 4.90 Å². The molecule has 0 atom stereocenters. The van der Waals surface area contributed by atoms with Gasteiger partial charge in [-0.1, -0.05) is 117 Å². The number of aromatic nitrogens is 3. The quantitative estimate of drug-likeness (QED) is 0.187. The first-order valence-electron chi connectivity index (χ1n) is 17.3. The molecular weight excluding hydrogens is 641 g/mol. The van der Waals surface area contributed by atoms with Gasteiger partial charge >= 0.3 is 0 Å². The molecule has 0 unspecified atom stereocenters. The molecule has 0 fully saturated rings. The summed E-state index contributed by atoms with van der Waals surface area (Å²) in [5, 5.41) is 4.94. The molecule has 0 saturated heterocycles. The molecule has 4 nitrogen and oxygen atoms in total. The maximum Gasteiger partial charge on any atom is 0.164 e. The topological polar surface area (TPSA) is 41.9 Å². The SMILES string of the molecule is CC1(C)c2ccccc2N(c2cccc(-c3nc(-c4ccccc4)nc(-c4ccc5sc6ccccc6c5c4)n3)c2)c2cc3ccccc3cc21. The molecule has 7 aromatic carbocycles. The maximum atomic E-state index is 5.17. The molecule has 5 heteroatoms. The highest BCUT2D eigenvalue weighted by Crippen LogP contribution is 2.53. The highest BCUT2D eigenvalue weighted by atomic mass is 32.1. The van der Waals surface area contributed by atoms with Crippen molar-refractivity contribution in [1.29, 1.82) is 0 Å². The van der Waals surface area contributed by atoms with E-state index in [2.05, 4.69) is 158 Å². The predicted octanol–water partition coefficient (Wildman–Crippen LogP) is 12.5. The fourth-order valence-corrected chi connectivity index (χ4v) is 8.75. The van der Waals surface area contributed by atoms with Crippen molar-refractivity contribution in [3.05, 3.63) is 169 Å². The number of thiophene rings is 1.